The summed E-state index contributed by atoms with van der Waals surface area (Å²) in [4.78, 5) is 23.2. The molecule has 0 aliphatic heterocycles. The third-order valence-electron chi connectivity index (χ3n) is 1.51. The lowest BCUT2D eigenvalue weighted by Crippen LogP contribution is -2.01. The van der Waals surface area contributed by atoms with Crippen LogP contribution >= 0.6 is 0 Å². The summed E-state index contributed by atoms with van der Waals surface area (Å²) >= 11 is 0. The zero-order valence-corrected chi connectivity index (χ0v) is 5.53. The highest BCUT2D eigenvalue weighted by molar-refractivity contribution is 5.86. The van der Waals surface area contributed by atoms with Crippen molar-refractivity contribution in [2.24, 2.45) is 10.9 Å². The molecule has 1 aliphatic carbocycles. The van der Waals surface area contributed by atoms with Crippen molar-refractivity contribution in [1.82, 2.24) is 0 Å². The molecule has 0 aromatic rings. The molecule has 0 bridgehead atoms. The van der Waals surface area contributed by atoms with Gasteiger partial charge in [0.25, 0.3) is 5.91 Å². The van der Waals surface area contributed by atoms with Crippen LogP contribution in [0.25, 0.3) is 0 Å². The van der Waals surface area contributed by atoms with E-state index in [1.54, 1.807) is 0 Å². The number of methoxy groups -OCH3 is 1. The summed E-state index contributed by atoms with van der Waals surface area (Å²) in [5.74, 6) is -0.603. The first kappa shape index (κ1) is 7.12. The summed E-state index contributed by atoms with van der Waals surface area (Å²) in [7, 11) is 1.53. The molecular weight excluding hydrogens is 134 g/mol. The van der Waals surface area contributed by atoms with Crippen LogP contribution in [0.3, 0.4) is 0 Å². The van der Waals surface area contributed by atoms with Crippen molar-refractivity contribution >= 4 is 12.0 Å². The Labute approximate surface area is 57.9 Å². The van der Waals surface area contributed by atoms with Gasteiger partial charge in [-0.15, -0.1) is 4.99 Å². The van der Waals surface area contributed by atoms with Gasteiger partial charge in [0.2, 0.25) is 6.08 Å². The SMILES string of the molecule is COC1CC1C(=O)N=C=O. The number of hydrogen-bond donors (Lipinski definition) is 0. The average Bonchev–Trinajstić information content (AvgIpc) is 2.66. The average molecular weight is 141 g/mol. The highest BCUT2D eigenvalue weighted by Gasteiger charge is 2.43. The number of carbonyl (C=O) groups is 1. The van der Waals surface area contributed by atoms with E-state index in [-0.39, 0.29) is 12.0 Å². The van der Waals surface area contributed by atoms with Gasteiger partial charge in [-0.1, -0.05) is 0 Å². The summed E-state index contributed by atoms with van der Waals surface area (Å²) in [6, 6.07) is 0. The summed E-state index contributed by atoms with van der Waals surface area (Å²) in [6.07, 6.45) is 1.86. The fourth-order valence-corrected chi connectivity index (χ4v) is 0.820. The predicted octanol–water partition coefficient (Wildman–Crippen LogP) is -0.116. The molecule has 2 unspecified atom stereocenters. The summed E-state index contributed by atoms with van der Waals surface area (Å²) in [5, 5.41) is 0. The van der Waals surface area contributed by atoms with Crippen LogP contribution in [0.5, 0.6) is 0 Å². The molecule has 1 saturated carbocycles. The van der Waals surface area contributed by atoms with Gasteiger partial charge in [0.05, 0.1) is 12.0 Å². The monoisotopic (exact) mass is 141 g/mol. The molecule has 4 nitrogen and oxygen atoms in total. The van der Waals surface area contributed by atoms with Gasteiger partial charge in [0.15, 0.2) is 0 Å². The minimum absolute atomic E-state index is 0.0235. The van der Waals surface area contributed by atoms with Gasteiger partial charge in [0, 0.05) is 7.11 Å². The van der Waals surface area contributed by atoms with Crippen LogP contribution in [0.15, 0.2) is 4.99 Å². The molecule has 0 aromatic carbocycles. The molecule has 1 fully saturated rings. The second kappa shape index (κ2) is 2.73. The second-order valence-electron chi connectivity index (χ2n) is 2.16. The molecule has 4 heteroatoms. The normalized spacial score (nSPS) is 28.9. The van der Waals surface area contributed by atoms with Gasteiger partial charge in [-0.25, -0.2) is 4.79 Å². The molecule has 1 rings (SSSR count). The Balaban J connectivity index is 2.39. The van der Waals surface area contributed by atoms with Gasteiger partial charge in [-0.3, -0.25) is 4.79 Å². The molecule has 1 amide bonds. The van der Waals surface area contributed by atoms with Crippen molar-refractivity contribution in [3.05, 3.63) is 0 Å². The number of carbonyl (C=O) groups excluding carboxylic acids is 2. The van der Waals surface area contributed by atoms with Crippen LogP contribution < -0.4 is 0 Å². The van der Waals surface area contributed by atoms with E-state index in [0.717, 1.165) is 0 Å². The van der Waals surface area contributed by atoms with E-state index in [9.17, 15) is 9.59 Å². The molecule has 2 atom stereocenters. The molecule has 54 valence electrons. The Bertz CT molecular complexity index is 195. The Kier molecular flexibility index (Phi) is 1.94. The molecule has 0 spiro atoms. The van der Waals surface area contributed by atoms with Crippen molar-refractivity contribution in [2.45, 2.75) is 12.5 Å². The number of rotatable bonds is 2. The van der Waals surface area contributed by atoms with Gasteiger partial charge in [0.1, 0.15) is 0 Å². The molecule has 0 heterocycles. The minimum Gasteiger partial charge on any atom is -0.381 e. The maximum absolute atomic E-state index is 10.7. The summed E-state index contributed by atoms with van der Waals surface area (Å²) in [5.41, 5.74) is 0. The van der Waals surface area contributed by atoms with Gasteiger partial charge < -0.3 is 4.74 Å². The fraction of sp³-hybridized carbons (Fsp3) is 0.667. The minimum atomic E-state index is -0.415. The number of ether oxygens (including phenoxy) is 1. The van der Waals surface area contributed by atoms with E-state index in [1.807, 2.05) is 0 Å². The smallest absolute Gasteiger partial charge is 0.262 e. The van der Waals surface area contributed by atoms with Crippen LogP contribution in [-0.4, -0.2) is 25.2 Å². The Hall–Kier alpha value is -0.990. The maximum Gasteiger partial charge on any atom is 0.262 e. The first-order chi connectivity index (χ1) is 4.79. The Morgan fingerprint density at radius 1 is 1.80 bits per heavy atom. The van der Waals surface area contributed by atoms with E-state index in [1.165, 1.54) is 13.2 Å². The molecule has 0 saturated heterocycles. The van der Waals surface area contributed by atoms with Crippen LogP contribution in [-0.2, 0) is 14.3 Å². The fourth-order valence-electron chi connectivity index (χ4n) is 0.820. The largest absolute Gasteiger partial charge is 0.381 e. The van der Waals surface area contributed by atoms with Gasteiger partial charge in [-0.05, 0) is 6.42 Å². The van der Waals surface area contributed by atoms with Crippen LogP contribution in [0.1, 0.15) is 6.42 Å². The number of nitrogens with zero attached hydrogens (tertiary/aromatic N) is 1. The van der Waals surface area contributed by atoms with Gasteiger partial charge >= 0.3 is 0 Å². The Morgan fingerprint density at radius 2 is 2.50 bits per heavy atom. The van der Waals surface area contributed by atoms with Crippen molar-refractivity contribution < 1.29 is 14.3 Å². The highest BCUT2D eigenvalue weighted by atomic mass is 16.5. The number of isocyanates is 1. The van der Waals surface area contributed by atoms with Crippen molar-refractivity contribution in [2.75, 3.05) is 7.11 Å². The quantitative estimate of drug-likeness (QED) is 0.398. The summed E-state index contributed by atoms with van der Waals surface area (Å²) < 4.78 is 4.83. The van der Waals surface area contributed by atoms with Crippen LogP contribution in [0.4, 0.5) is 0 Å². The lowest BCUT2D eigenvalue weighted by Gasteiger charge is -1.88. The molecule has 0 aromatic heterocycles. The van der Waals surface area contributed by atoms with E-state index >= 15 is 0 Å². The Morgan fingerprint density at radius 3 is 2.90 bits per heavy atom. The third-order valence-corrected chi connectivity index (χ3v) is 1.51. The van der Waals surface area contributed by atoms with E-state index in [4.69, 9.17) is 4.74 Å². The first-order valence-electron chi connectivity index (χ1n) is 2.94. The lowest BCUT2D eigenvalue weighted by molar-refractivity contribution is -0.119. The van der Waals surface area contributed by atoms with Gasteiger partial charge in [-0.2, -0.15) is 0 Å². The third kappa shape index (κ3) is 1.29. The van der Waals surface area contributed by atoms with Crippen LogP contribution in [0, 0.1) is 5.92 Å². The second-order valence-corrected chi connectivity index (χ2v) is 2.16. The van der Waals surface area contributed by atoms with E-state index in [0.29, 0.717) is 6.42 Å². The molecule has 1 aliphatic rings. The summed E-state index contributed by atoms with van der Waals surface area (Å²) in [6.45, 7) is 0. The van der Waals surface area contributed by atoms with E-state index < -0.39 is 5.91 Å². The van der Waals surface area contributed by atoms with Crippen molar-refractivity contribution in [3.8, 4) is 0 Å². The maximum atomic E-state index is 10.7. The first-order valence-corrected chi connectivity index (χ1v) is 2.94. The topological polar surface area (TPSA) is 55.7 Å². The molecular formula is C6H7NO3. The predicted molar refractivity (Wildman–Crippen MR) is 32.0 cm³/mol. The lowest BCUT2D eigenvalue weighted by atomic mass is 10.4. The molecule has 0 radical (unpaired) electrons. The zero-order valence-electron chi connectivity index (χ0n) is 5.53. The number of amides is 1. The molecule has 10 heavy (non-hydrogen) atoms. The molecule has 0 N–H and O–H groups in total. The zero-order chi connectivity index (χ0) is 7.56. The van der Waals surface area contributed by atoms with Crippen molar-refractivity contribution in [1.29, 1.82) is 0 Å². The van der Waals surface area contributed by atoms with E-state index in [2.05, 4.69) is 4.99 Å². The number of aliphatic imine (C=N–C) groups is 1. The van der Waals surface area contributed by atoms with Crippen molar-refractivity contribution in [3.63, 3.8) is 0 Å². The number of hydrogen-bond acceptors (Lipinski definition) is 3. The van der Waals surface area contributed by atoms with Crippen LogP contribution in [0.2, 0.25) is 0 Å². The highest BCUT2D eigenvalue weighted by Crippen LogP contribution is 2.33. The standard InChI is InChI=1S/C6H7NO3/c1-10-5-2-4(5)6(9)7-3-8/h4-5H,2H2,1H3.